The summed E-state index contributed by atoms with van der Waals surface area (Å²) in [6, 6.07) is 4.25. The van der Waals surface area contributed by atoms with Gasteiger partial charge in [-0.05, 0) is 45.2 Å². The van der Waals surface area contributed by atoms with Gasteiger partial charge in [0.15, 0.2) is 0 Å². The van der Waals surface area contributed by atoms with E-state index in [4.69, 9.17) is 0 Å². The van der Waals surface area contributed by atoms with E-state index in [2.05, 4.69) is 21.7 Å². The number of hydrogen-bond donors (Lipinski definition) is 1. The Labute approximate surface area is 150 Å². The van der Waals surface area contributed by atoms with Gasteiger partial charge >= 0.3 is 0 Å². The van der Waals surface area contributed by atoms with E-state index in [1.165, 1.54) is 19.3 Å². The number of piperidine rings is 1. The lowest BCUT2D eigenvalue weighted by atomic mass is 10.0. The maximum absolute atomic E-state index is 12.9. The van der Waals surface area contributed by atoms with Crippen molar-refractivity contribution in [2.45, 2.75) is 45.3 Å². The summed E-state index contributed by atoms with van der Waals surface area (Å²) < 4.78 is 0. The zero-order valence-corrected chi connectivity index (χ0v) is 15.4. The van der Waals surface area contributed by atoms with Crippen LogP contribution in [0.1, 0.15) is 43.5 Å². The second-order valence-corrected chi connectivity index (χ2v) is 7.38. The van der Waals surface area contributed by atoms with Gasteiger partial charge < -0.3 is 14.9 Å². The summed E-state index contributed by atoms with van der Waals surface area (Å²) in [6.45, 7) is 8.79. The van der Waals surface area contributed by atoms with E-state index >= 15 is 0 Å². The Bertz CT molecular complexity index is 585. The third-order valence-electron chi connectivity index (χ3n) is 5.27. The number of hydrogen-bond acceptors (Lipinski definition) is 5. The maximum atomic E-state index is 12.9. The number of aliphatic hydroxyl groups is 1. The number of β-amino-alcohol motifs (C(OH)–C–C–N with tert-alkyl or cyclic N) is 1. The van der Waals surface area contributed by atoms with Crippen LogP contribution in [-0.2, 0) is 0 Å². The van der Waals surface area contributed by atoms with Crippen LogP contribution >= 0.6 is 0 Å². The van der Waals surface area contributed by atoms with Gasteiger partial charge in [0.05, 0.1) is 6.10 Å². The van der Waals surface area contributed by atoms with Crippen molar-refractivity contribution in [1.82, 2.24) is 14.8 Å². The molecule has 0 spiro atoms. The molecule has 3 rings (SSSR count). The van der Waals surface area contributed by atoms with Gasteiger partial charge in [-0.3, -0.25) is 9.69 Å². The second kappa shape index (κ2) is 8.15. The molecular weight excluding hydrogens is 316 g/mol. The van der Waals surface area contributed by atoms with Crippen molar-refractivity contribution >= 4 is 11.7 Å². The van der Waals surface area contributed by atoms with Crippen molar-refractivity contribution in [1.29, 1.82) is 0 Å². The molecule has 0 bridgehead atoms. The molecular formula is C19H30N4O2. The van der Waals surface area contributed by atoms with Gasteiger partial charge in [-0.1, -0.05) is 0 Å². The maximum Gasteiger partial charge on any atom is 0.254 e. The van der Waals surface area contributed by atoms with Gasteiger partial charge in [-0.2, -0.15) is 0 Å². The molecule has 0 saturated carbocycles. The Hall–Kier alpha value is -1.66. The lowest BCUT2D eigenvalue weighted by Crippen LogP contribution is -2.50. The number of aromatic nitrogens is 1. The molecule has 2 unspecified atom stereocenters. The van der Waals surface area contributed by atoms with Crippen LogP contribution in [0.3, 0.4) is 0 Å². The summed E-state index contributed by atoms with van der Waals surface area (Å²) in [5.41, 5.74) is 0.728. The lowest BCUT2D eigenvalue weighted by molar-refractivity contribution is 0.0554. The van der Waals surface area contributed by atoms with Crippen molar-refractivity contribution < 1.29 is 9.90 Å². The topological polar surface area (TPSA) is 59.9 Å². The van der Waals surface area contributed by atoms with Gasteiger partial charge in [0, 0.05) is 57.1 Å². The first kappa shape index (κ1) is 18.1. The number of anilines is 1. The highest BCUT2D eigenvalue weighted by molar-refractivity contribution is 5.95. The largest absolute Gasteiger partial charge is 0.392 e. The third kappa shape index (κ3) is 4.50. The fraction of sp³-hybridized carbons (Fsp3) is 0.684. The van der Waals surface area contributed by atoms with Gasteiger partial charge in [0.1, 0.15) is 5.82 Å². The van der Waals surface area contributed by atoms with E-state index in [0.717, 1.165) is 31.0 Å². The molecule has 3 heterocycles. The minimum absolute atomic E-state index is 0.0880. The summed E-state index contributed by atoms with van der Waals surface area (Å²) in [7, 11) is 0. The van der Waals surface area contributed by atoms with E-state index in [-0.39, 0.29) is 12.0 Å². The molecule has 0 radical (unpaired) electrons. The Morgan fingerprint density at radius 3 is 2.72 bits per heavy atom. The molecule has 2 fully saturated rings. The zero-order chi connectivity index (χ0) is 17.8. The SMILES string of the molecule is CC(O)CN1CCN(C(=O)c2ccnc(N3CCCCC3C)c2)CC1. The number of pyridine rings is 1. The molecule has 25 heavy (non-hydrogen) atoms. The molecule has 6 nitrogen and oxygen atoms in total. The average Bonchev–Trinajstić information content (AvgIpc) is 2.62. The van der Waals surface area contributed by atoms with Crippen LogP contribution in [0, 0.1) is 0 Å². The monoisotopic (exact) mass is 346 g/mol. The minimum Gasteiger partial charge on any atom is -0.392 e. The summed E-state index contributed by atoms with van der Waals surface area (Å²) in [4.78, 5) is 23.8. The van der Waals surface area contributed by atoms with E-state index in [9.17, 15) is 9.90 Å². The molecule has 1 amide bonds. The minimum atomic E-state index is -0.323. The number of rotatable bonds is 4. The molecule has 2 atom stereocenters. The predicted molar refractivity (Wildman–Crippen MR) is 98.9 cm³/mol. The molecule has 2 aliphatic rings. The van der Waals surface area contributed by atoms with E-state index < -0.39 is 0 Å². The van der Waals surface area contributed by atoms with Gasteiger partial charge in [-0.25, -0.2) is 4.98 Å². The van der Waals surface area contributed by atoms with Crippen molar-refractivity contribution in [3.05, 3.63) is 23.9 Å². The first-order chi connectivity index (χ1) is 12.0. The molecule has 1 N–H and O–H groups in total. The molecule has 1 aromatic heterocycles. The smallest absolute Gasteiger partial charge is 0.254 e. The average molecular weight is 346 g/mol. The molecule has 0 aliphatic carbocycles. The highest BCUT2D eigenvalue weighted by atomic mass is 16.3. The predicted octanol–water partition coefficient (Wildman–Crippen LogP) is 1.60. The fourth-order valence-corrected chi connectivity index (χ4v) is 3.84. The Morgan fingerprint density at radius 1 is 1.28 bits per heavy atom. The van der Waals surface area contributed by atoms with Crippen molar-refractivity contribution in [3.63, 3.8) is 0 Å². The van der Waals surface area contributed by atoms with Gasteiger partial charge in [0.2, 0.25) is 0 Å². The molecule has 138 valence electrons. The van der Waals surface area contributed by atoms with Crippen LogP contribution in [0.4, 0.5) is 5.82 Å². The normalized spacial score (nSPS) is 23.6. The summed E-state index contributed by atoms with van der Waals surface area (Å²) >= 11 is 0. The standard InChI is InChI=1S/C19H30N4O2/c1-15-5-3-4-8-23(15)18-13-17(6-7-20-18)19(25)22-11-9-21(10-12-22)14-16(2)24/h6-7,13,15-16,24H,3-5,8-12,14H2,1-2H3. The molecule has 2 saturated heterocycles. The molecule has 2 aliphatic heterocycles. The lowest BCUT2D eigenvalue weighted by Gasteiger charge is -2.36. The van der Waals surface area contributed by atoms with Crippen LogP contribution in [0.2, 0.25) is 0 Å². The van der Waals surface area contributed by atoms with Crippen LogP contribution in [0.5, 0.6) is 0 Å². The Kier molecular flexibility index (Phi) is 5.91. The number of carbonyl (C=O) groups is 1. The fourth-order valence-electron chi connectivity index (χ4n) is 3.84. The quantitative estimate of drug-likeness (QED) is 0.897. The molecule has 0 aromatic carbocycles. The number of piperazine rings is 1. The van der Waals surface area contributed by atoms with Crippen LogP contribution in [0.25, 0.3) is 0 Å². The summed E-state index contributed by atoms with van der Waals surface area (Å²) in [5.74, 6) is 1.01. The van der Waals surface area contributed by atoms with Crippen LogP contribution in [0.15, 0.2) is 18.3 Å². The second-order valence-electron chi connectivity index (χ2n) is 7.38. The Morgan fingerprint density at radius 2 is 2.04 bits per heavy atom. The zero-order valence-electron chi connectivity index (χ0n) is 15.4. The number of aliphatic hydroxyl groups excluding tert-OH is 1. The summed E-state index contributed by atoms with van der Waals surface area (Å²) in [5, 5.41) is 9.50. The van der Waals surface area contributed by atoms with Crippen molar-refractivity contribution in [2.75, 3.05) is 44.2 Å². The van der Waals surface area contributed by atoms with Crippen LogP contribution in [-0.4, -0.2) is 77.2 Å². The van der Waals surface area contributed by atoms with Crippen molar-refractivity contribution in [2.24, 2.45) is 0 Å². The first-order valence-corrected chi connectivity index (χ1v) is 9.47. The van der Waals surface area contributed by atoms with E-state index in [1.54, 1.807) is 13.1 Å². The number of amides is 1. The van der Waals surface area contributed by atoms with E-state index in [1.807, 2.05) is 17.0 Å². The molecule has 1 aromatic rings. The van der Waals surface area contributed by atoms with Gasteiger partial charge in [-0.15, -0.1) is 0 Å². The number of nitrogens with zero attached hydrogens (tertiary/aromatic N) is 4. The highest BCUT2D eigenvalue weighted by Crippen LogP contribution is 2.24. The highest BCUT2D eigenvalue weighted by Gasteiger charge is 2.24. The molecule has 6 heteroatoms. The Balaban J connectivity index is 1.64. The summed E-state index contributed by atoms with van der Waals surface area (Å²) in [6.07, 6.45) is 5.08. The van der Waals surface area contributed by atoms with Gasteiger partial charge in [0.25, 0.3) is 5.91 Å². The number of carbonyl (C=O) groups excluding carboxylic acids is 1. The first-order valence-electron chi connectivity index (χ1n) is 9.47. The van der Waals surface area contributed by atoms with Crippen molar-refractivity contribution in [3.8, 4) is 0 Å². The third-order valence-corrected chi connectivity index (χ3v) is 5.27. The van der Waals surface area contributed by atoms with Crippen LogP contribution < -0.4 is 4.90 Å². The van der Waals surface area contributed by atoms with E-state index in [0.29, 0.717) is 25.7 Å².